The van der Waals surface area contributed by atoms with Crippen LogP contribution in [0.2, 0.25) is 0 Å². The Bertz CT molecular complexity index is 679. The second kappa shape index (κ2) is 5.98. The van der Waals surface area contributed by atoms with Crippen molar-refractivity contribution >= 4 is 15.9 Å². The number of nitrogens with two attached hydrogens (primary N) is 1. The minimum Gasteiger partial charge on any atom is -0.369 e. The van der Waals surface area contributed by atoms with Gasteiger partial charge in [0, 0.05) is 26.2 Å². The first-order valence-corrected chi connectivity index (χ1v) is 9.03. The van der Waals surface area contributed by atoms with Crippen LogP contribution in [0.15, 0.2) is 23.1 Å². The van der Waals surface area contributed by atoms with Crippen molar-refractivity contribution in [3.63, 3.8) is 0 Å². The number of hydrogen-bond acceptors (Lipinski definition) is 4. The van der Waals surface area contributed by atoms with E-state index in [1.54, 1.807) is 6.07 Å². The van der Waals surface area contributed by atoms with Crippen molar-refractivity contribution < 1.29 is 13.2 Å². The number of hydrogen-bond donors (Lipinski definition) is 1. The van der Waals surface area contributed by atoms with Gasteiger partial charge in [0.1, 0.15) is 0 Å². The molecule has 1 amide bonds. The summed E-state index contributed by atoms with van der Waals surface area (Å²) in [5.41, 5.74) is 7.60. The maximum atomic E-state index is 12.7. The topological polar surface area (TPSA) is 83.7 Å². The van der Waals surface area contributed by atoms with Gasteiger partial charge in [-0.25, -0.2) is 8.42 Å². The van der Waals surface area contributed by atoms with E-state index in [0.29, 0.717) is 31.1 Å². The molecular weight excluding hydrogens is 302 g/mol. The second-order valence-corrected chi connectivity index (χ2v) is 7.87. The number of amides is 1. The van der Waals surface area contributed by atoms with Gasteiger partial charge in [-0.05, 0) is 42.5 Å². The molecule has 0 bridgehead atoms. The smallest absolute Gasteiger partial charge is 0.243 e. The quantitative estimate of drug-likeness (QED) is 0.843. The number of rotatable bonds is 4. The zero-order valence-electron chi connectivity index (χ0n) is 12.5. The summed E-state index contributed by atoms with van der Waals surface area (Å²) < 4.78 is 27.0. The van der Waals surface area contributed by atoms with Gasteiger partial charge in [0.2, 0.25) is 15.9 Å². The first-order valence-electron chi connectivity index (χ1n) is 7.59. The Balaban J connectivity index is 1.73. The zero-order valence-corrected chi connectivity index (χ0v) is 13.3. The Morgan fingerprint density at radius 2 is 1.77 bits per heavy atom. The number of piperazine rings is 1. The van der Waals surface area contributed by atoms with E-state index in [-0.39, 0.29) is 12.5 Å². The van der Waals surface area contributed by atoms with E-state index in [0.717, 1.165) is 24.8 Å². The average molecular weight is 323 g/mol. The zero-order chi connectivity index (χ0) is 15.7. The molecule has 1 saturated heterocycles. The summed E-state index contributed by atoms with van der Waals surface area (Å²) in [4.78, 5) is 13.2. The molecule has 0 radical (unpaired) electrons. The molecule has 3 rings (SSSR count). The number of carbonyl (C=O) groups excluding carboxylic acids is 1. The number of aryl methyl sites for hydroxylation is 2. The fraction of sp³-hybridized carbons (Fsp3) is 0.533. The Morgan fingerprint density at radius 3 is 2.45 bits per heavy atom. The number of fused-ring (bicyclic) bond motifs is 1. The van der Waals surface area contributed by atoms with Crippen molar-refractivity contribution in [2.75, 3.05) is 32.7 Å². The van der Waals surface area contributed by atoms with Crippen molar-refractivity contribution in [3.05, 3.63) is 29.3 Å². The van der Waals surface area contributed by atoms with E-state index < -0.39 is 10.0 Å². The van der Waals surface area contributed by atoms with Crippen LogP contribution in [0.4, 0.5) is 0 Å². The van der Waals surface area contributed by atoms with Crippen LogP contribution in [0, 0.1) is 0 Å². The van der Waals surface area contributed by atoms with Gasteiger partial charge in [0.05, 0.1) is 11.4 Å². The average Bonchev–Trinajstić information content (AvgIpc) is 2.94. The third kappa shape index (κ3) is 3.02. The van der Waals surface area contributed by atoms with Crippen LogP contribution in [0.25, 0.3) is 0 Å². The van der Waals surface area contributed by atoms with Gasteiger partial charge in [0.15, 0.2) is 0 Å². The number of primary amides is 1. The third-order valence-electron chi connectivity index (χ3n) is 4.42. The van der Waals surface area contributed by atoms with E-state index in [9.17, 15) is 13.2 Å². The molecule has 2 aliphatic rings. The molecule has 1 aromatic carbocycles. The van der Waals surface area contributed by atoms with Crippen LogP contribution < -0.4 is 5.73 Å². The molecule has 6 nitrogen and oxygen atoms in total. The predicted octanol–water partition coefficient (Wildman–Crippen LogP) is -0.0331. The van der Waals surface area contributed by atoms with Gasteiger partial charge in [-0.1, -0.05) is 6.07 Å². The van der Waals surface area contributed by atoms with E-state index in [4.69, 9.17) is 5.73 Å². The molecule has 1 aromatic rings. The summed E-state index contributed by atoms with van der Waals surface area (Å²) in [6.07, 6.45) is 3.11. The second-order valence-electron chi connectivity index (χ2n) is 5.93. The summed E-state index contributed by atoms with van der Waals surface area (Å²) in [5.74, 6) is -0.380. The fourth-order valence-electron chi connectivity index (χ4n) is 3.21. The van der Waals surface area contributed by atoms with E-state index in [2.05, 4.69) is 0 Å². The highest BCUT2D eigenvalue weighted by Gasteiger charge is 2.29. The maximum absolute atomic E-state index is 12.7. The highest BCUT2D eigenvalue weighted by molar-refractivity contribution is 7.89. The molecule has 1 heterocycles. The molecule has 0 atom stereocenters. The SMILES string of the molecule is NC(=O)CN1CCN(S(=O)(=O)c2ccc3c(c2)CCC3)CC1. The first-order chi connectivity index (χ1) is 10.5. The summed E-state index contributed by atoms with van der Waals surface area (Å²) in [6.45, 7) is 2.05. The summed E-state index contributed by atoms with van der Waals surface area (Å²) in [6, 6.07) is 5.49. The van der Waals surface area contributed by atoms with Gasteiger partial charge < -0.3 is 5.73 Å². The highest BCUT2D eigenvalue weighted by atomic mass is 32.2. The Hall–Kier alpha value is -1.44. The molecule has 1 fully saturated rings. The number of benzene rings is 1. The molecule has 120 valence electrons. The molecule has 0 unspecified atom stereocenters. The van der Waals surface area contributed by atoms with Gasteiger partial charge in [-0.15, -0.1) is 0 Å². The highest BCUT2D eigenvalue weighted by Crippen LogP contribution is 2.26. The van der Waals surface area contributed by atoms with Gasteiger partial charge in [-0.3, -0.25) is 9.69 Å². The molecule has 1 aliphatic carbocycles. The molecule has 0 saturated carbocycles. The molecule has 0 spiro atoms. The van der Waals surface area contributed by atoms with Crippen LogP contribution in [-0.2, 0) is 27.7 Å². The molecule has 0 aromatic heterocycles. The third-order valence-corrected chi connectivity index (χ3v) is 6.31. The summed E-state index contributed by atoms with van der Waals surface area (Å²) >= 11 is 0. The fourth-order valence-corrected chi connectivity index (χ4v) is 4.68. The Kier molecular flexibility index (Phi) is 4.20. The van der Waals surface area contributed by atoms with Gasteiger partial charge in [-0.2, -0.15) is 4.31 Å². The first kappa shape index (κ1) is 15.5. The normalized spacial score (nSPS) is 20.0. The molecular formula is C15H21N3O3S. The van der Waals surface area contributed by atoms with Crippen LogP contribution in [0.5, 0.6) is 0 Å². The Labute approximate surface area is 130 Å². The predicted molar refractivity (Wildman–Crippen MR) is 82.9 cm³/mol. The monoisotopic (exact) mass is 323 g/mol. The molecule has 7 heteroatoms. The van der Waals surface area contributed by atoms with E-state index in [1.807, 2.05) is 17.0 Å². The number of nitrogens with zero attached hydrogens (tertiary/aromatic N) is 2. The van der Waals surface area contributed by atoms with Crippen molar-refractivity contribution in [3.8, 4) is 0 Å². The van der Waals surface area contributed by atoms with Gasteiger partial charge in [0.25, 0.3) is 0 Å². The van der Waals surface area contributed by atoms with Crippen molar-refractivity contribution in [2.45, 2.75) is 24.2 Å². The van der Waals surface area contributed by atoms with Crippen molar-refractivity contribution in [2.24, 2.45) is 5.73 Å². The lowest BCUT2D eigenvalue weighted by Crippen LogP contribution is -2.50. The Morgan fingerprint density at radius 1 is 1.09 bits per heavy atom. The lowest BCUT2D eigenvalue weighted by molar-refractivity contribution is -0.119. The minimum atomic E-state index is -3.45. The standard InChI is InChI=1S/C15H21N3O3S/c16-15(19)11-17-6-8-18(9-7-17)22(20,21)14-5-4-12-2-1-3-13(12)10-14/h4-5,10H,1-3,6-9,11H2,(H2,16,19). The lowest BCUT2D eigenvalue weighted by Gasteiger charge is -2.33. The van der Waals surface area contributed by atoms with Crippen molar-refractivity contribution in [1.82, 2.24) is 9.21 Å². The number of carbonyl (C=O) groups is 1. The molecule has 1 aliphatic heterocycles. The van der Waals surface area contributed by atoms with Crippen LogP contribution in [0.1, 0.15) is 17.5 Å². The minimum absolute atomic E-state index is 0.187. The molecule has 22 heavy (non-hydrogen) atoms. The van der Waals surface area contributed by atoms with Crippen LogP contribution in [0.3, 0.4) is 0 Å². The summed E-state index contributed by atoms with van der Waals surface area (Å²) in [7, 11) is -3.45. The van der Waals surface area contributed by atoms with Crippen LogP contribution >= 0.6 is 0 Å². The van der Waals surface area contributed by atoms with Crippen molar-refractivity contribution in [1.29, 1.82) is 0 Å². The summed E-state index contributed by atoms with van der Waals surface area (Å²) in [5, 5.41) is 0. The number of sulfonamides is 1. The van der Waals surface area contributed by atoms with E-state index >= 15 is 0 Å². The lowest BCUT2D eigenvalue weighted by atomic mass is 10.1. The van der Waals surface area contributed by atoms with Gasteiger partial charge >= 0.3 is 0 Å². The largest absolute Gasteiger partial charge is 0.369 e. The molecule has 2 N–H and O–H groups in total. The maximum Gasteiger partial charge on any atom is 0.243 e. The van der Waals surface area contributed by atoms with E-state index in [1.165, 1.54) is 9.87 Å². The van der Waals surface area contributed by atoms with Crippen LogP contribution in [-0.4, -0.2) is 56.3 Å².